The second kappa shape index (κ2) is 7.83. The molecule has 0 aliphatic heterocycles. The number of nitrogens with zero attached hydrogens (tertiary/aromatic N) is 2. The minimum absolute atomic E-state index is 0.437. The van der Waals surface area contributed by atoms with E-state index in [1.165, 1.54) is 4.88 Å². The van der Waals surface area contributed by atoms with Crippen LogP contribution in [0.5, 0.6) is 0 Å². The van der Waals surface area contributed by atoms with Crippen molar-refractivity contribution in [3.63, 3.8) is 0 Å². The Morgan fingerprint density at radius 1 is 1.36 bits per heavy atom. The number of aliphatic imine (C=N–C) groups is 1. The Kier molecular flexibility index (Phi) is 5.82. The van der Waals surface area contributed by atoms with Gasteiger partial charge in [-0.25, -0.2) is 4.98 Å². The Balaban J connectivity index is 2.07. The van der Waals surface area contributed by atoms with Crippen molar-refractivity contribution >= 4 is 28.9 Å². The zero-order valence-corrected chi connectivity index (χ0v) is 14.1. The highest BCUT2D eigenvalue weighted by molar-refractivity contribution is 7.12. The van der Waals surface area contributed by atoms with Crippen LogP contribution in [0.3, 0.4) is 0 Å². The summed E-state index contributed by atoms with van der Waals surface area (Å²) in [5.41, 5.74) is 2.06. The van der Waals surface area contributed by atoms with Crippen molar-refractivity contribution in [3.05, 3.63) is 39.2 Å². The molecule has 1 aromatic carbocycles. The molecular formula is C16H17ClN4S. The van der Waals surface area contributed by atoms with E-state index in [1.807, 2.05) is 24.3 Å². The first-order valence-corrected chi connectivity index (χ1v) is 7.93. The third-order valence-electron chi connectivity index (χ3n) is 2.95. The van der Waals surface area contributed by atoms with Gasteiger partial charge < -0.3 is 10.6 Å². The van der Waals surface area contributed by atoms with Crippen LogP contribution in [0.1, 0.15) is 9.88 Å². The van der Waals surface area contributed by atoms with Crippen molar-refractivity contribution in [2.75, 3.05) is 13.6 Å². The minimum Gasteiger partial charge on any atom is -0.350 e. The molecule has 2 rings (SSSR count). The van der Waals surface area contributed by atoms with E-state index in [4.69, 9.17) is 18.0 Å². The van der Waals surface area contributed by atoms with Crippen molar-refractivity contribution in [3.8, 4) is 23.6 Å². The molecule has 0 aliphatic carbocycles. The van der Waals surface area contributed by atoms with Crippen LogP contribution in [0.25, 0.3) is 11.3 Å². The third kappa shape index (κ3) is 4.23. The number of thiazole rings is 1. The minimum atomic E-state index is 0.437. The first-order chi connectivity index (χ1) is 10.6. The lowest BCUT2D eigenvalue weighted by Gasteiger charge is -2.07. The molecule has 0 saturated carbocycles. The van der Waals surface area contributed by atoms with Crippen molar-refractivity contribution in [1.82, 2.24) is 15.6 Å². The van der Waals surface area contributed by atoms with Crippen LogP contribution in [0.2, 0.25) is 5.02 Å². The second-order valence-electron chi connectivity index (χ2n) is 4.50. The van der Waals surface area contributed by atoms with Gasteiger partial charge in [0.25, 0.3) is 0 Å². The molecule has 0 bridgehead atoms. The van der Waals surface area contributed by atoms with Crippen LogP contribution in [0.4, 0.5) is 0 Å². The maximum absolute atomic E-state index is 5.92. The SMILES string of the molecule is C#CCNC(=NC)NCc1nc(-c2ccc(Cl)cc2)c(C)s1. The summed E-state index contributed by atoms with van der Waals surface area (Å²) in [7, 11) is 1.71. The fourth-order valence-corrected chi connectivity index (χ4v) is 2.94. The Bertz CT molecular complexity index is 698. The van der Waals surface area contributed by atoms with Crippen LogP contribution in [0.15, 0.2) is 29.3 Å². The number of aryl methyl sites for hydroxylation is 1. The fourth-order valence-electron chi connectivity index (χ4n) is 1.92. The number of benzene rings is 1. The smallest absolute Gasteiger partial charge is 0.192 e. The molecule has 0 atom stereocenters. The van der Waals surface area contributed by atoms with Crippen LogP contribution < -0.4 is 10.6 Å². The van der Waals surface area contributed by atoms with Crippen molar-refractivity contribution in [2.24, 2.45) is 4.99 Å². The predicted molar refractivity (Wildman–Crippen MR) is 94.3 cm³/mol. The normalized spacial score (nSPS) is 11.1. The molecule has 6 heteroatoms. The van der Waals surface area contributed by atoms with Gasteiger partial charge in [-0.3, -0.25) is 4.99 Å². The number of aromatic nitrogens is 1. The highest BCUT2D eigenvalue weighted by Crippen LogP contribution is 2.28. The third-order valence-corrected chi connectivity index (χ3v) is 4.17. The molecule has 1 aromatic heterocycles. The Hall–Kier alpha value is -2.03. The van der Waals surface area contributed by atoms with Gasteiger partial charge >= 0.3 is 0 Å². The molecule has 1 heterocycles. The molecule has 0 unspecified atom stereocenters. The summed E-state index contributed by atoms with van der Waals surface area (Å²) in [6.45, 7) is 3.10. The van der Waals surface area contributed by atoms with Gasteiger partial charge in [0.15, 0.2) is 5.96 Å². The van der Waals surface area contributed by atoms with Crippen LogP contribution in [-0.4, -0.2) is 24.5 Å². The van der Waals surface area contributed by atoms with E-state index >= 15 is 0 Å². The van der Waals surface area contributed by atoms with E-state index < -0.39 is 0 Å². The first kappa shape index (κ1) is 16.3. The van der Waals surface area contributed by atoms with Gasteiger partial charge in [0, 0.05) is 22.5 Å². The van der Waals surface area contributed by atoms with Gasteiger partial charge in [-0.1, -0.05) is 29.7 Å². The molecule has 2 aromatic rings. The van der Waals surface area contributed by atoms with Crippen LogP contribution >= 0.6 is 22.9 Å². The van der Waals surface area contributed by atoms with Gasteiger partial charge in [-0.05, 0) is 19.1 Å². The average molecular weight is 333 g/mol. The van der Waals surface area contributed by atoms with Gasteiger partial charge in [-0.15, -0.1) is 17.8 Å². The zero-order valence-electron chi connectivity index (χ0n) is 12.5. The lowest BCUT2D eigenvalue weighted by Crippen LogP contribution is -2.36. The summed E-state index contributed by atoms with van der Waals surface area (Å²) in [5.74, 6) is 3.18. The number of rotatable bonds is 4. The predicted octanol–water partition coefficient (Wildman–Crippen LogP) is 3.07. The van der Waals surface area contributed by atoms with E-state index in [0.717, 1.165) is 21.3 Å². The Morgan fingerprint density at radius 3 is 2.73 bits per heavy atom. The zero-order chi connectivity index (χ0) is 15.9. The molecule has 0 saturated heterocycles. The topological polar surface area (TPSA) is 49.3 Å². The summed E-state index contributed by atoms with van der Waals surface area (Å²) in [4.78, 5) is 9.96. The number of halogens is 1. The lowest BCUT2D eigenvalue weighted by atomic mass is 10.1. The summed E-state index contributed by atoms with van der Waals surface area (Å²) < 4.78 is 0. The van der Waals surface area contributed by atoms with Crippen molar-refractivity contribution in [1.29, 1.82) is 0 Å². The van der Waals surface area contributed by atoms with Gasteiger partial charge in [0.05, 0.1) is 18.8 Å². The Morgan fingerprint density at radius 2 is 2.09 bits per heavy atom. The molecule has 0 fully saturated rings. The van der Waals surface area contributed by atoms with Crippen molar-refractivity contribution in [2.45, 2.75) is 13.5 Å². The quantitative estimate of drug-likeness (QED) is 0.514. The van der Waals surface area contributed by atoms with E-state index in [1.54, 1.807) is 18.4 Å². The van der Waals surface area contributed by atoms with E-state index in [2.05, 4.69) is 33.5 Å². The molecule has 0 spiro atoms. The fraction of sp³-hybridized carbons (Fsp3) is 0.250. The number of nitrogens with one attached hydrogen (secondary N) is 2. The van der Waals surface area contributed by atoms with E-state index in [-0.39, 0.29) is 0 Å². The summed E-state index contributed by atoms with van der Waals surface area (Å²) in [6.07, 6.45) is 5.22. The summed E-state index contributed by atoms with van der Waals surface area (Å²) in [5, 5.41) is 7.92. The maximum Gasteiger partial charge on any atom is 0.192 e. The van der Waals surface area contributed by atoms with Crippen LogP contribution in [-0.2, 0) is 6.54 Å². The summed E-state index contributed by atoms with van der Waals surface area (Å²) in [6, 6.07) is 7.71. The highest BCUT2D eigenvalue weighted by Gasteiger charge is 2.10. The molecular weight excluding hydrogens is 316 g/mol. The largest absolute Gasteiger partial charge is 0.350 e. The molecule has 0 amide bonds. The van der Waals surface area contributed by atoms with Gasteiger partial charge in [0.1, 0.15) is 5.01 Å². The molecule has 22 heavy (non-hydrogen) atoms. The second-order valence-corrected chi connectivity index (χ2v) is 6.23. The molecule has 2 N–H and O–H groups in total. The number of terminal acetylenes is 1. The molecule has 114 valence electrons. The lowest BCUT2D eigenvalue weighted by molar-refractivity contribution is 0.844. The summed E-state index contributed by atoms with van der Waals surface area (Å²) >= 11 is 7.58. The van der Waals surface area contributed by atoms with Gasteiger partial charge in [0.2, 0.25) is 0 Å². The monoisotopic (exact) mass is 332 g/mol. The van der Waals surface area contributed by atoms with E-state index in [9.17, 15) is 0 Å². The van der Waals surface area contributed by atoms with Gasteiger partial charge in [-0.2, -0.15) is 0 Å². The van der Waals surface area contributed by atoms with Crippen LogP contribution in [0, 0.1) is 19.3 Å². The maximum atomic E-state index is 5.92. The number of hydrogen-bond acceptors (Lipinski definition) is 3. The first-order valence-electron chi connectivity index (χ1n) is 6.74. The van der Waals surface area contributed by atoms with Crippen molar-refractivity contribution < 1.29 is 0 Å². The molecule has 0 aliphatic rings. The molecule has 0 radical (unpaired) electrons. The standard InChI is InChI=1S/C16H17ClN4S/c1-4-9-19-16(18-3)20-10-14-21-15(11(2)22-14)12-5-7-13(17)8-6-12/h1,5-8H,9-10H2,2-3H3,(H2,18,19,20). The Labute approximate surface area is 139 Å². The van der Waals surface area contributed by atoms with E-state index in [0.29, 0.717) is 19.0 Å². The average Bonchev–Trinajstić information content (AvgIpc) is 2.89. The number of guanidine groups is 1. The highest BCUT2D eigenvalue weighted by atomic mass is 35.5. The molecule has 4 nitrogen and oxygen atoms in total. The number of hydrogen-bond donors (Lipinski definition) is 2.